The van der Waals surface area contributed by atoms with Crippen molar-refractivity contribution in [3.8, 4) is 23.0 Å². The summed E-state index contributed by atoms with van der Waals surface area (Å²) in [7, 11) is 1.29. The molecule has 8 heteroatoms. The quantitative estimate of drug-likeness (QED) is 0.429. The second-order valence-corrected chi connectivity index (χ2v) is 6.95. The monoisotopic (exact) mass is 420 g/mol. The largest absolute Gasteiger partial charge is 0.465 e. The van der Waals surface area contributed by atoms with Crippen LogP contribution in [0.15, 0.2) is 76.9 Å². The molecule has 0 saturated heterocycles. The molecule has 0 aliphatic heterocycles. The van der Waals surface area contributed by atoms with Crippen LogP contribution in [-0.2, 0) is 4.74 Å². The molecule has 1 N–H and O–H groups in total. The van der Waals surface area contributed by atoms with Crippen LogP contribution in [0.2, 0.25) is 0 Å². The van der Waals surface area contributed by atoms with Crippen molar-refractivity contribution in [3.63, 3.8) is 0 Å². The van der Waals surface area contributed by atoms with Gasteiger partial charge in [-0.15, -0.1) is 11.3 Å². The third-order valence-corrected chi connectivity index (χ3v) is 5.05. The lowest BCUT2D eigenvalue weighted by molar-refractivity contribution is 0.0603. The number of thiophene rings is 1. The van der Waals surface area contributed by atoms with Crippen molar-refractivity contribution in [2.24, 2.45) is 0 Å². The van der Waals surface area contributed by atoms with Gasteiger partial charge >= 0.3 is 5.97 Å². The minimum Gasteiger partial charge on any atom is -0.465 e. The second-order valence-electron chi connectivity index (χ2n) is 6.07. The van der Waals surface area contributed by atoms with E-state index in [1.54, 1.807) is 66.2 Å². The fourth-order valence-corrected chi connectivity index (χ4v) is 3.70. The molecule has 0 unspecified atom stereocenters. The number of hydrogen-bond acceptors (Lipinski definition) is 7. The number of carbonyl (C=O) groups excluding carboxylic acids is 2. The summed E-state index contributed by atoms with van der Waals surface area (Å²) in [6, 6.07) is 15.5. The second kappa shape index (κ2) is 8.62. The van der Waals surface area contributed by atoms with Gasteiger partial charge in [-0.25, -0.2) is 9.78 Å². The van der Waals surface area contributed by atoms with Crippen molar-refractivity contribution in [2.75, 3.05) is 12.4 Å². The smallest absolute Gasteiger partial charge is 0.341 e. The Morgan fingerprint density at radius 2 is 2.00 bits per heavy atom. The van der Waals surface area contributed by atoms with E-state index in [9.17, 15) is 9.59 Å². The van der Waals surface area contributed by atoms with Crippen LogP contribution in [0.25, 0.3) is 11.3 Å². The van der Waals surface area contributed by atoms with Crippen molar-refractivity contribution in [2.45, 2.75) is 0 Å². The zero-order chi connectivity index (χ0) is 20.9. The van der Waals surface area contributed by atoms with Crippen LogP contribution < -0.4 is 10.1 Å². The van der Waals surface area contributed by atoms with Gasteiger partial charge in [0.2, 0.25) is 5.88 Å². The molecule has 4 aromatic rings. The molecule has 0 atom stereocenters. The maximum Gasteiger partial charge on any atom is 0.341 e. The van der Waals surface area contributed by atoms with Crippen molar-refractivity contribution in [1.82, 2.24) is 4.98 Å². The fraction of sp³-hybridized carbons (Fsp3) is 0.0455. The summed E-state index contributed by atoms with van der Waals surface area (Å²) in [5.74, 6) is 0.448. The molecule has 0 aliphatic carbocycles. The summed E-state index contributed by atoms with van der Waals surface area (Å²) < 4.78 is 16.0. The van der Waals surface area contributed by atoms with Crippen LogP contribution in [0.3, 0.4) is 0 Å². The molecule has 3 heterocycles. The number of nitrogens with zero attached hydrogens (tertiary/aromatic N) is 1. The molecule has 0 radical (unpaired) electrons. The van der Waals surface area contributed by atoms with Gasteiger partial charge in [-0.05, 0) is 36.4 Å². The predicted octanol–water partition coefficient (Wildman–Crippen LogP) is 5.23. The van der Waals surface area contributed by atoms with Gasteiger partial charge < -0.3 is 19.2 Å². The number of pyridine rings is 1. The van der Waals surface area contributed by atoms with Crippen LogP contribution in [-0.4, -0.2) is 24.0 Å². The summed E-state index contributed by atoms with van der Waals surface area (Å²) in [4.78, 5) is 29.3. The standard InChI is InChI=1S/C22H16N2O5S/c1-27-22(26)19-16(17-8-5-11-28-17)13-30-21(19)24-20(25)14-6-4-7-15(12-14)29-18-9-2-3-10-23-18/h2-13H,1H3,(H,24,25). The first-order valence-corrected chi connectivity index (χ1v) is 9.77. The Bertz CT molecular complexity index is 1170. The Hall–Kier alpha value is -3.91. The number of ether oxygens (including phenoxy) is 2. The summed E-state index contributed by atoms with van der Waals surface area (Å²) in [5, 5.41) is 4.89. The molecule has 1 aromatic carbocycles. The summed E-state index contributed by atoms with van der Waals surface area (Å²) >= 11 is 1.21. The molecule has 4 rings (SSSR count). The molecule has 0 bridgehead atoms. The van der Waals surface area contributed by atoms with E-state index in [4.69, 9.17) is 13.9 Å². The normalized spacial score (nSPS) is 10.4. The number of aromatic nitrogens is 1. The minimum absolute atomic E-state index is 0.242. The predicted molar refractivity (Wildman–Crippen MR) is 112 cm³/mol. The molecular weight excluding hydrogens is 404 g/mol. The Morgan fingerprint density at radius 1 is 1.10 bits per heavy atom. The van der Waals surface area contributed by atoms with Gasteiger partial charge in [0.1, 0.15) is 22.1 Å². The zero-order valence-electron chi connectivity index (χ0n) is 15.8. The summed E-state index contributed by atoms with van der Waals surface area (Å²) in [6.07, 6.45) is 3.13. The molecule has 30 heavy (non-hydrogen) atoms. The number of esters is 1. The Morgan fingerprint density at radius 3 is 2.73 bits per heavy atom. The maximum atomic E-state index is 12.8. The number of anilines is 1. The number of furan rings is 1. The number of methoxy groups -OCH3 is 1. The highest BCUT2D eigenvalue weighted by Crippen LogP contribution is 2.36. The number of hydrogen-bond donors (Lipinski definition) is 1. The molecule has 7 nitrogen and oxygen atoms in total. The highest BCUT2D eigenvalue weighted by molar-refractivity contribution is 7.15. The molecule has 0 aliphatic rings. The van der Waals surface area contributed by atoms with Crippen LogP contribution in [0, 0.1) is 0 Å². The van der Waals surface area contributed by atoms with Crippen molar-refractivity contribution in [3.05, 3.63) is 83.6 Å². The van der Waals surface area contributed by atoms with Crippen molar-refractivity contribution >= 4 is 28.2 Å². The lowest BCUT2D eigenvalue weighted by atomic mass is 10.1. The SMILES string of the molecule is COC(=O)c1c(-c2ccco2)csc1NC(=O)c1cccc(Oc2ccccn2)c1. The van der Waals surface area contributed by atoms with Crippen molar-refractivity contribution in [1.29, 1.82) is 0 Å². The van der Waals surface area contributed by atoms with Crippen LogP contribution in [0.4, 0.5) is 5.00 Å². The maximum absolute atomic E-state index is 12.8. The average Bonchev–Trinajstić information content (AvgIpc) is 3.44. The molecule has 0 fully saturated rings. The first kappa shape index (κ1) is 19.4. The Kier molecular flexibility index (Phi) is 5.58. The van der Waals surface area contributed by atoms with Gasteiger partial charge in [0.25, 0.3) is 5.91 Å². The fourth-order valence-electron chi connectivity index (χ4n) is 2.77. The van der Waals surface area contributed by atoms with E-state index in [1.807, 2.05) is 0 Å². The Labute approximate surface area is 175 Å². The third-order valence-electron chi connectivity index (χ3n) is 4.15. The minimum atomic E-state index is -0.565. The first-order valence-electron chi connectivity index (χ1n) is 8.89. The van der Waals surface area contributed by atoms with Gasteiger partial charge in [-0.2, -0.15) is 0 Å². The van der Waals surface area contributed by atoms with Gasteiger partial charge in [0.15, 0.2) is 0 Å². The molecular formula is C22H16N2O5S. The Balaban J connectivity index is 1.59. The molecule has 150 valence electrons. The van der Waals surface area contributed by atoms with Crippen LogP contribution in [0.5, 0.6) is 11.6 Å². The number of rotatable bonds is 6. The van der Waals surface area contributed by atoms with Crippen LogP contribution >= 0.6 is 11.3 Å². The van der Waals surface area contributed by atoms with E-state index in [-0.39, 0.29) is 11.5 Å². The van der Waals surface area contributed by atoms with Gasteiger partial charge in [-0.1, -0.05) is 12.1 Å². The van der Waals surface area contributed by atoms with E-state index in [1.165, 1.54) is 24.7 Å². The summed E-state index contributed by atoms with van der Waals surface area (Å²) in [5.41, 5.74) is 1.17. The third kappa shape index (κ3) is 4.08. The lowest BCUT2D eigenvalue weighted by Gasteiger charge is -2.09. The lowest BCUT2D eigenvalue weighted by Crippen LogP contribution is -2.14. The molecule has 1 amide bonds. The topological polar surface area (TPSA) is 90.7 Å². The summed E-state index contributed by atoms with van der Waals surface area (Å²) in [6.45, 7) is 0. The van der Waals surface area contributed by atoms with E-state index < -0.39 is 5.97 Å². The van der Waals surface area contributed by atoms with E-state index in [2.05, 4.69) is 10.3 Å². The average molecular weight is 420 g/mol. The first-order chi connectivity index (χ1) is 14.7. The van der Waals surface area contributed by atoms with E-state index in [0.717, 1.165) is 0 Å². The zero-order valence-corrected chi connectivity index (χ0v) is 16.6. The number of nitrogens with one attached hydrogen (secondary N) is 1. The van der Waals surface area contributed by atoms with Crippen molar-refractivity contribution < 1.29 is 23.5 Å². The van der Waals surface area contributed by atoms with E-state index in [0.29, 0.717) is 33.5 Å². The highest BCUT2D eigenvalue weighted by atomic mass is 32.1. The molecule has 3 aromatic heterocycles. The van der Waals surface area contributed by atoms with Crippen LogP contribution in [0.1, 0.15) is 20.7 Å². The van der Waals surface area contributed by atoms with Gasteiger partial charge in [-0.3, -0.25) is 4.79 Å². The number of benzene rings is 1. The number of amides is 1. The number of carbonyl (C=O) groups is 2. The molecule has 0 spiro atoms. The highest BCUT2D eigenvalue weighted by Gasteiger charge is 2.24. The van der Waals surface area contributed by atoms with Gasteiger partial charge in [0.05, 0.1) is 13.4 Å². The van der Waals surface area contributed by atoms with Gasteiger partial charge in [0, 0.05) is 28.8 Å². The van der Waals surface area contributed by atoms with E-state index >= 15 is 0 Å². The molecule has 0 saturated carbocycles.